The number of carbonyl (C=O) groups is 1. The molecular weight excluding hydrogens is 242 g/mol. The van der Waals surface area contributed by atoms with Crippen LogP contribution in [-0.4, -0.2) is 10.9 Å². The zero-order chi connectivity index (χ0) is 10.3. The Hall–Kier alpha value is -1.09. The summed E-state index contributed by atoms with van der Waals surface area (Å²) in [5.74, 6) is 0. The SMILES string of the molecule is Cc1c(C=O)n(C)c2cccc(Br)c12. The van der Waals surface area contributed by atoms with Crippen LogP contribution in [0.5, 0.6) is 0 Å². The molecule has 3 heteroatoms. The monoisotopic (exact) mass is 251 g/mol. The fourth-order valence-electron chi connectivity index (χ4n) is 1.84. The van der Waals surface area contributed by atoms with Gasteiger partial charge in [-0.05, 0) is 24.6 Å². The summed E-state index contributed by atoms with van der Waals surface area (Å²) < 4.78 is 2.96. The summed E-state index contributed by atoms with van der Waals surface area (Å²) in [6.07, 6.45) is 0.905. The number of carbonyl (C=O) groups excluding carboxylic acids is 1. The van der Waals surface area contributed by atoms with Crippen molar-refractivity contribution in [3.05, 3.63) is 33.9 Å². The van der Waals surface area contributed by atoms with Gasteiger partial charge in [0, 0.05) is 22.4 Å². The molecule has 0 spiro atoms. The Bertz CT molecular complexity index is 513. The van der Waals surface area contributed by atoms with Gasteiger partial charge in [-0.3, -0.25) is 4.79 Å². The molecule has 0 amide bonds. The van der Waals surface area contributed by atoms with Crippen molar-refractivity contribution < 1.29 is 4.79 Å². The zero-order valence-corrected chi connectivity index (χ0v) is 9.63. The van der Waals surface area contributed by atoms with Crippen molar-refractivity contribution in [3.63, 3.8) is 0 Å². The molecule has 0 bridgehead atoms. The molecule has 0 aliphatic rings. The topological polar surface area (TPSA) is 22.0 Å². The molecule has 1 heterocycles. The van der Waals surface area contributed by atoms with Crippen molar-refractivity contribution in [2.24, 2.45) is 7.05 Å². The lowest BCUT2D eigenvalue weighted by Crippen LogP contribution is -1.94. The first-order valence-electron chi connectivity index (χ1n) is 4.35. The molecule has 2 aromatic rings. The molecule has 0 saturated heterocycles. The zero-order valence-electron chi connectivity index (χ0n) is 8.04. The Morgan fingerprint density at radius 2 is 2.14 bits per heavy atom. The largest absolute Gasteiger partial charge is 0.341 e. The number of benzene rings is 1. The summed E-state index contributed by atoms with van der Waals surface area (Å²) in [4.78, 5) is 10.9. The van der Waals surface area contributed by atoms with E-state index in [0.717, 1.165) is 32.9 Å². The Morgan fingerprint density at radius 1 is 1.43 bits per heavy atom. The molecule has 0 fully saturated rings. The second kappa shape index (κ2) is 3.24. The molecule has 1 aromatic heterocycles. The van der Waals surface area contributed by atoms with Crippen LogP contribution in [0.2, 0.25) is 0 Å². The van der Waals surface area contributed by atoms with Gasteiger partial charge in [-0.1, -0.05) is 22.0 Å². The first-order chi connectivity index (χ1) is 6.66. The van der Waals surface area contributed by atoms with Gasteiger partial charge in [0.15, 0.2) is 6.29 Å². The highest BCUT2D eigenvalue weighted by Gasteiger charge is 2.12. The number of halogens is 1. The van der Waals surface area contributed by atoms with E-state index >= 15 is 0 Å². The highest BCUT2D eigenvalue weighted by molar-refractivity contribution is 9.10. The van der Waals surface area contributed by atoms with Crippen LogP contribution in [0, 0.1) is 6.92 Å². The van der Waals surface area contributed by atoms with E-state index in [-0.39, 0.29) is 0 Å². The van der Waals surface area contributed by atoms with Crippen LogP contribution in [-0.2, 0) is 7.05 Å². The lowest BCUT2D eigenvalue weighted by molar-refractivity contribution is 0.111. The molecule has 2 rings (SSSR count). The van der Waals surface area contributed by atoms with Gasteiger partial charge in [-0.15, -0.1) is 0 Å². The third-order valence-corrected chi connectivity index (χ3v) is 3.25. The maximum Gasteiger partial charge on any atom is 0.166 e. The van der Waals surface area contributed by atoms with Gasteiger partial charge in [0.25, 0.3) is 0 Å². The van der Waals surface area contributed by atoms with E-state index in [1.54, 1.807) is 0 Å². The first-order valence-corrected chi connectivity index (χ1v) is 5.14. The standard InChI is InChI=1S/C11H10BrNO/c1-7-10(6-14)13(2)9-5-3-4-8(12)11(7)9/h3-6H,1-2H3. The van der Waals surface area contributed by atoms with Crippen molar-refractivity contribution in [1.82, 2.24) is 4.57 Å². The molecule has 0 radical (unpaired) electrons. The molecule has 72 valence electrons. The summed E-state index contributed by atoms with van der Waals surface area (Å²) in [5, 5.41) is 1.12. The van der Waals surface area contributed by atoms with Crippen LogP contribution in [0.3, 0.4) is 0 Å². The maximum absolute atomic E-state index is 10.9. The number of hydrogen-bond acceptors (Lipinski definition) is 1. The fraction of sp³-hybridized carbons (Fsp3) is 0.182. The first kappa shape index (κ1) is 9.46. The molecule has 0 aliphatic heterocycles. The fourth-order valence-corrected chi connectivity index (χ4v) is 2.49. The molecule has 0 aliphatic carbocycles. The average Bonchev–Trinajstić information content (AvgIpc) is 2.41. The predicted octanol–water partition coefficient (Wildman–Crippen LogP) is 3.06. The van der Waals surface area contributed by atoms with Crippen LogP contribution < -0.4 is 0 Å². The third-order valence-electron chi connectivity index (χ3n) is 2.59. The van der Waals surface area contributed by atoms with E-state index < -0.39 is 0 Å². The minimum absolute atomic E-state index is 0.743. The number of rotatable bonds is 1. The van der Waals surface area contributed by atoms with E-state index in [2.05, 4.69) is 15.9 Å². The van der Waals surface area contributed by atoms with Crippen molar-refractivity contribution in [1.29, 1.82) is 0 Å². The third kappa shape index (κ3) is 1.12. The minimum atomic E-state index is 0.743. The van der Waals surface area contributed by atoms with Gasteiger partial charge in [-0.2, -0.15) is 0 Å². The maximum atomic E-state index is 10.9. The lowest BCUT2D eigenvalue weighted by atomic mass is 10.1. The van der Waals surface area contributed by atoms with Crippen molar-refractivity contribution in [2.45, 2.75) is 6.92 Å². The molecule has 0 saturated carbocycles. The van der Waals surface area contributed by atoms with E-state index in [9.17, 15) is 4.79 Å². The van der Waals surface area contributed by atoms with Crippen LogP contribution in [0.25, 0.3) is 10.9 Å². The van der Waals surface area contributed by atoms with E-state index in [4.69, 9.17) is 0 Å². The van der Waals surface area contributed by atoms with Gasteiger partial charge in [0.1, 0.15) is 0 Å². The summed E-state index contributed by atoms with van der Waals surface area (Å²) in [6, 6.07) is 5.98. The average molecular weight is 252 g/mol. The number of aldehydes is 1. The Morgan fingerprint density at radius 3 is 2.71 bits per heavy atom. The second-order valence-electron chi connectivity index (χ2n) is 3.32. The Labute approximate surface area is 90.7 Å². The van der Waals surface area contributed by atoms with Gasteiger partial charge in [0.05, 0.1) is 5.69 Å². The quantitative estimate of drug-likeness (QED) is 0.715. The Balaban J connectivity index is 3.01. The van der Waals surface area contributed by atoms with E-state index in [1.807, 2.05) is 36.7 Å². The highest BCUT2D eigenvalue weighted by Crippen LogP contribution is 2.30. The normalized spacial score (nSPS) is 10.8. The van der Waals surface area contributed by atoms with Crippen molar-refractivity contribution >= 4 is 33.1 Å². The summed E-state index contributed by atoms with van der Waals surface area (Å²) >= 11 is 3.50. The number of hydrogen-bond donors (Lipinski definition) is 0. The van der Waals surface area contributed by atoms with E-state index in [1.165, 1.54) is 0 Å². The van der Waals surface area contributed by atoms with Crippen LogP contribution in [0.1, 0.15) is 16.1 Å². The summed E-state index contributed by atoms with van der Waals surface area (Å²) in [5.41, 5.74) is 2.86. The number of aromatic nitrogens is 1. The van der Waals surface area contributed by atoms with Crippen LogP contribution in [0.15, 0.2) is 22.7 Å². The number of fused-ring (bicyclic) bond motifs is 1. The molecule has 0 unspecified atom stereocenters. The lowest BCUT2D eigenvalue weighted by Gasteiger charge is -1.97. The predicted molar refractivity (Wildman–Crippen MR) is 60.7 cm³/mol. The van der Waals surface area contributed by atoms with Crippen molar-refractivity contribution in [3.8, 4) is 0 Å². The Kier molecular flexibility index (Phi) is 2.19. The summed E-state index contributed by atoms with van der Waals surface area (Å²) in [7, 11) is 1.91. The van der Waals surface area contributed by atoms with Crippen molar-refractivity contribution in [2.75, 3.05) is 0 Å². The number of aryl methyl sites for hydroxylation is 2. The van der Waals surface area contributed by atoms with E-state index in [0.29, 0.717) is 0 Å². The number of nitrogens with zero attached hydrogens (tertiary/aromatic N) is 1. The smallest absolute Gasteiger partial charge is 0.166 e. The molecule has 0 N–H and O–H groups in total. The van der Waals surface area contributed by atoms with Crippen LogP contribution >= 0.6 is 15.9 Å². The molecule has 14 heavy (non-hydrogen) atoms. The van der Waals surface area contributed by atoms with Gasteiger partial charge in [0.2, 0.25) is 0 Å². The molecular formula is C11H10BrNO. The molecule has 0 atom stereocenters. The van der Waals surface area contributed by atoms with Gasteiger partial charge in [-0.25, -0.2) is 0 Å². The highest BCUT2D eigenvalue weighted by atomic mass is 79.9. The summed E-state index contributed by atoms with van der Waals surface area (Å²) in [6.45, 7) is 1.97. The van der Waals surface area contributed by atoms with Gasteiger partial charge < -0.3 is 4.57 Å². The van der Waals surface area contributed by atoms with Gasteiger partial charge >= 0.3 is 0 Å². The minimum Gasteiger partial charge on any atom is -0.341 e. The second-order valence-corrected chi connectivity index (χ2v) is 4.18. The molecule has 2 nitrogen and oxygen atoms in total. The van der Waals surface area contributed by atoms with Crippen LogP contribution in [0.4, 0.5) is 0 Å². The molecule has 1 aromatic carbocycles.